The first kappa shape index (κ1) is 32.3. The fraction of sp³-hybridized carbons (Fsp3) is 0.448. The van der Waals surface area contributed by atoms with Gasteiger partial charge in [-0.15, -0.1) is 15.6 Å². The van der Waals surface area contributed by atoms with Gasteiger partial charge in [-0.25, -0.2) is 27.0 Å². The molecule has 0 aliphatic carbocycles. The summed E-state index contributed by atoms with van der Waals surface area (Å²) in [5, 5.41) is 4.29. The summed E-state index contributed by atoms with van der Waals surface area (Å²) in [5.74, 6) is -2.47. The number of hydrogen-bond donors (Lipinski definition) is 1. The zero-order valence-corrected chi connectivity index (χ0v) is 27.6. The smallest absolute Gasteiger partial charge is 0.430 e. The molecule has 228 valence electrons. The van der Waals surface area contributed by atoms with Gasteiger partial charge in [0, 0.05) is 31.6 Å². The molecule has 0 unspecified atom stereocenters. The number of rotatable bonds is 8. The van der Waals surface area contributed by atoms with Crippen LogP contribution in [0.1, 0.15) is 52.7 Å². The second-order valence-corrected chi connectivity index (χ2v) is 15.6. The number of halogens is 3. The Morgan fingerprint density at radius 2 is 1.81 bits per heavy atom. The number of anilines is 2. The Bertz CT molecular complexity index is 1550. The molecule has 2 aromatic carbocycles. The molecule has 1 aliphatic heterocycles. The van der Waals surface area contributed by atoms with E-state index in [0.717, 1.165) is 48.2 Å². The van der Waals surface area contributed by atoms with Crippen LogP contribution in [0.2, 0.25) is 0 Å². The van der Waals surface area contributed by atoms with Crippen LogP contribution in [0.15, 0.2) is 50.6 Å². The van der Waals surface area contributed by atoms with Crippen LogP contribution in [0.4, 0.5) is 25.1 Å². The summed E-state index contributed by atoms with van der Waals surface area (Å²) < 4.78 is 63.4. The first-order chi connectivity index (χ1) is 19.5. The Labute approximate surface area is 258 Å². The van der Waals surface area contributed by atoms with Crippen molar-refractivity contribution in [1.82, 2.24) is 9.88 Å². The minimum absolute atomic E-state index is 0.0213. The van der Waals surface area contributed by atoms with Gasteiger partial charge in [-0.05, 0) is 65.2 Å². The van der Waals surface area contributed by atoms with E-state index >= 15 is 8.78 Å². The lowest BCUT2D eigenvalue weighted by molar-refractivity contribution is 0.0187. The van der Waals surface area contributed by atoms with Crippen LogP contribution in [0.5, 0.6) is 0 Å². The van der Waals surface area contributed by atoms with E-state index in [1.54, 1.807) is 20.8 Å². The minimum Gasteiger partial charge on any atom is -0.443 e. The van der Waals surface area contributed by atoms with Crippen LogP contribution >= 0.6 is 27.3 Å². The van der Waals surface area contributed by atoms with Gasteiger partial charge in [0.05, 0.1) is 15.7 Å². The van der Waals surface area contributed by atoms with Gasteiger partial charge in [0.25, 0.3) is 10.0 Å². The minimum atomic E-state index is -5.11. The molecule has 0 saturated carbocycles. The fourth-order valence-corrected chi connectivity index (χ4v) is 7.09. The number of sulfonamides is 1. The van der Waals surface area contributed by atoms with Crippen LogP contribution in [0.3, 0.4) is 0 Å². The maximum atomic E-state index is 15.7. The molecule has 8 nitrogen and oxygen atoms in total. The van der Waals surface area contributed by atoms with Gasteiger partial charge in [-0.1, -0.05) is 45.0 Å². The monoisotopic (exact) mass is 684 g/mol. The van der Waals surface area contributed by atoms with Crippen LogP contribution < -0.4 is 9.62 Å². The van der Waals surface area contributed by atoms with Crippen molar-refractivity contribution in [3.8, 4) is 0 Å². The Balaban J connectivity index is 1.58. The molecule has 0 radical (unpaired) electrons. The van der Waals surface area contributed by atoms with Crippen molar-refractivity contribution in [2.75, 3.05) is 22.7 Å². The zero-order valence-electron chi connectivity index (χ0n) is 24.4. The van der Waals surface area contributed by atoms with Crippen LogP contribution in [0, 0.1) is 23.0 Å². The van der Waals surface area contributed by atoms with E-state index in [1.807, 2.05) is 24.3 Å². The normalized spacial score (nSPS) is 14.9. The summed E-state index contributed by atoms with van der Waals surface area (Å²) in [6, 6.07) is 8.70. The highest BCUT2D eigenvalue weighted by atomic mass is 79.9. The van der Waals surface area contributed by atoms with Gasteiger partial charge < -0.3 is 10.1 Å². The number of likely N-dealkylation sites (tertiary alicyclic amines) is 1. The maximum Gasteiger partial charge on any atom is 0.430 e. The average molecular weight is 686 g/mol. The van der Waals surface area contributed by atoms with E-state index in [2.05, 4.69) is 51.9 Å². The maximum absolute atomic E-state index is 15.7. The topological polar surface area (TPSA) is 91.8 Å². The lowest BCUT2D eigenvalue weighted by Crippen LogP contribution is -2.51. The Morgan fingerprint density at radius 1 is 1.17 bits per heavy atom. The fourth-order valence-electron chi connectivity index (χ4n) is 4.52. The molecule has 3 aromatic rings. The SMILES string of the molecule is CC(C)(C)OC(=O)N(c1cscn1)S(=O)(=O)c1c(F)cc(NCc2ccccc2CN2CC(C(C)(C)C)C2)c(Br)c1F. The van der Waals surface area contributed by atoms with Crippen molar-refractivity contribution in [2.45, 2.75) is 65.1 Å². The summed E-state index contributed by atoms with van der Waals surface area (Å²) >= 11 is 4.10. The third kappa shape index (κ3) is 7.12. The highest BCUT2D eigenvalue weighted by molar-refractivity contribution is 9.10. The number of benzene rings is 2. The molecule has 0 bridgehead atoms. The van der Waals surface area contributed by atoms with E-state index in [1.165, 1.54) is 10.9 Å². The number of carbonyl (C=O) groups excluding carboxylic acids is 1. The number of amides is 1. The lowest BCUT2D eigenvalue weighted by Gasteiger charge is -2.46. The summed E-state index contributed by atoms with van der Waals surface area (Å²) in [6.07, 6.45) is -1.34. The molecule has 1 saturated heterocycles. The summed E-state index contributed by atoms with van der Waals surface area (Å²) in [4.78, 5) is 17.9. The van der Waals surface area contributed by atoms with Crippen LogP contribution in [-0.2, 0) is 27.8 Å². The van der Waals surface area contributed by atoms with Gasteiger partial charge >= 0.3 is 6.09 Å². The van der Waals surface area contributed by atoms with E-state index in [9.17, 15) is 13.2 Å². The predicted octanol–water partition coefficient (Wildman–Crippen LogP) is 7.40. The molecule has 0 spiro atoms. The molecule has 1 amide bonds. The van der Waals surface area contributed by atoms with Gasteiger partial charge in [-0.2, -0.15) is 0 Å². The number of nitrogens with zero attached hydrogens (tertiary/aromatic N) is 3. The third-order valence-corrected chi connectivity index (χ3v) is 10.0. The van der Waals surface area contributed by atoms with Crippen molar-refractivity contribution >= 4 is 54.9 Å². The average Bonchev–Trinajstić information content (AvgIpc) is 3.35. The van der Waals surface area contributed by atoms with E-state index < -0.39 is 38.2 Å². The molecule has 0 atom stereocenters. The molecule has 1 aliphatic rings. The molecule has 13 heteroatoms. The Hall–Kier alpha value is -2.61. The molecule has 2 heterocycles. The van der Waals surface area contributed by atoms with Crippen molar-refractivity contribution in [3.63, 3.8) is 0 Å². The number of thiazole rings is 1. The van der Waals surface area contributed by atoms with Crippen molar-refractivity contribution in [1.29, 1.82) is 0 Å². The molecule has 1 aromatic heterocycles. The number of nitrogens with one attached hydrogen (secondary N) is 1. The van der Waals surface area contributed by atoms with E-state index in [-0.39, 0.29) is 32.2 Å². The summed E-state index contributed by atoms with van der Waals surface area (Å²) in [5.41, 5.74) is 2.52. The standard InChI is InChI=1S/C29H35BrF2N4O4S2/c1-28(2,3)20-14-35(15-20)13-19-10-8-7-9-18(19)12-33-22-11-21(31)26(25(32)24(22)30)42(38,39)36(23-16-41-17-34-23)27(37)40-29(4,5)6/h7-11,16-17,20,33H,12-15H2,1-6H3. The zero-order chi connectivity index (χ0) is 31.0. The highest BCUT2D eigenvalue weighted by Crippen LogP contribution is 2.37. The summed E-state index contributed by atoms with van der Waals surface area (Å²) in [7, 11) is -5.11. The first-order valence-electron chi connectivity index (χ1n) is 13.4. The van der Waals surface area contributed by atoms with Gasteiger partial charge in [0.1, 0.15) is 11.4 Å². The van der Waals surface area contributed by atoms with Crippen LogP contribution in [-0.4, -0.2) is 43.1 Å². The molecule has 1 fully saturated rings. The second kappa shape index (κ2) is 12.2. The predicted molar refractivity (Wildman–Crippen MR) is 164 cm³/mol. The van der Waals surface area contributed by atoms with Crippen molar-refractivity contribution in [2.24, 2.45) is 11.3 Å². The van der Waals surface area contributed by atoms with Gasteiger partial charge in [0.15, 0.2) is 16.5 Å². The first-order valence-corrected chi connectivity index (χ1v) is 16.5. The van der Waals surface area contributed by atoms with Crippen molar-refractivity contribution < 1.29 is 26.7 Å². The molecular formula is C29H35BrF2N4O4S2. The molecule has 1 N–H and O–H groups in total. The largest absolute Gasteiger partial charge is 0.443 e. The Morgan fingerprint density at radius 3 is 2.38 bits per heavy atom. The number of carbonyl (C=O) groups is 1. The van der Waals surface area contributed by atoms with Gasteiger partial charge in [0.2, 0.25) is 0 Å². The number of aromatic nitrogens is 1. The third-order valence-electron chi connectivity index (χ3n) is 6.97. The molecular weight excluding hydrogens is 650 g/mol. The van der Waals surface area contributed by atoms with E-state index in [0.29, 0.717) is 5.92 Å². The quantitative estimate of drug-likeness (QED) is 0.247. The molecule has 4 rings (SSSR count). The van der Waals surface area contributed by atoms with Crippen molar-refractivity contribution in [3.05, 3.63) is 68.5 Å². The van der Waals surface area contributed by atoms with E-state index in [4.69, 9.17) is 4.74 Å². The molecule has 42 heavy (non-hydrogen) atoms. The van der Waals surface area contributed by atoms with Crippen LogP contribution in [0.25, 0.3) is 0 Å². The Kier molecular flexibility index (Phi) is 9.37. The highest BCUT2D eigenvalue weighted by Gasteiger charge is 2.41. The number of hydrogen-bond acceptors (Lipinski definition) is 8. The number of ether oxygens (including phenoxy) is 1. The van der Waals surface area contributed by atoms with Gasteiger partial charge in [-0.3, -0.25) is 4.90 Å². The summed E-state index contributed by atoms with van der Waals surface area (Å²) in [6.45, 7) is 14.4. The second-order valence-electron chi connectivity index (χ2n) is 12.3. The lowest BCUT2D eigenvalue weighted by atomic mass is 9.76.